The third-order valence-corrected chi connectivity index (χ3v) is 2.51. The van der Waals surface area contributed by atoms with E-state index in [2.05, 4.69) is 20.7 Å². The first-order chi connectivity index (χ1) is 10.3. The van der Waals surface area contributed by atoms with E-state index in [4.69, 9.17) is 4.42 Å². The summed E-state index contributed by atoms with van der Waals surface area (Å²) in [4.78, 5) is 26.5. The second-order valence-electron chi connectivity index (χ2n) is 4.20. The zero-order valence-corrected chi connectivity index (χ0v) is 11.1. The Labute approximate surface area is 121 Å². The van der Waals surface area contributed by atoms with Crippen LogP contribution in [0.5, 0.6) is 0 Å². The van der Waals surface area contributed by atoms with Gasteiger partial charge < -0.3 is 9.73 Å². The van der Waals surface area contributed by atoms with Gasteiger partial charge in [-0.2, -0.15) is 18.2 Å². The maximum atomic E-state index is 12.3. The number of alkyl halides is 3. The van der Waals surface area contributed by atoms with Gasteiger partial charge in [0.2, 0.25) is 17.7 Å². The van der Waals surface area contributed by atoms with Crippen LogP contribution in [0.15, 0.2) is 23.0 Å². The van der Waals surface area contributed by atoms with Gasteiger partial charge in [0.15, 0.2) is 0 Å². The summed E-state index contributed by atoms with van der Waals surface area (Å²) >= 11 is 0. The van der Waals surface area contributed by atoms with Crippen LogP contribution < -0.4 is 10.6 Å². The third kappa shape index (κ3) is 3.62. The van der Waals surface area contributed by atoms with E-state index >= 15 is 0 Å². The minimum absolute atomic E-state index is 0.205. The molecule has 0 unspecified atom stereocenters. The topological polar surface area (TPSA) is 113 Å². The van der Waals surface area contributed by atoms with Crippen molar-refractivity contribution in [2.75, 3.05) is 5.32 Å². The van der Waals surface area contributed by atoms with Crippen molar-refractivity contribution in [2.24, 2.45) is 0 Å². The number of rotatable bonds is 4. The highest BCUT2D eigenvalue weighted by Crippen LogP contribution is 2.26. The second kappa shape index (κ2) is 5.87. The Morgan fingerprint density at radius 3 is 2.68 bits per heavy atom. The molecular weight excluding hydrogens is 307 g/mol. The van der Waals surface area contributed by atoms with Crippen LogP contribution in [-0.2, 0) is 11.0 Å². The lowest BCUT2D eigenvalue weighted by Crippen LogP contribution is -2.41. The SMILES string of the molecule is C[C@@H](NC(=O)c1ccoc1)C(=O)Nc1n[nH]c(C(F)(F)F)n1. The molecule has 0 bridgehead atoms. The van der Waals surface area contributed by atoms with Crippen molar-refractivity contribution in [1.82, 2.24) is 20.5 Å². The number of nitrogens with one attached hydrogen (secondary N) is 3. The number of carbonyl (C=O) groups excluding carboxylic acids is 2. The quantitative estimate of drug-likeness (QED) is 0.783. The smallest absolute Gasteiger partial charge is 0.451 e. The number of hydrogen-bond donors (Lipinski definition) is 3. The van der Waals surface area contributed by atoms with Crippen molar-refractivity contribution in [1.29, 1.82) is 0 Å². The Balaban J connectivity index is 1.94. The molecule has 2 rings (SSSR count). The van der Waals surface area contributed by atoms with Crippen molar-refractivity contribution in [3.8, 4) is 0 Å². The van der Waals surface area contributed by atoms with E-state index in [0.717, 1.165) is 0 Å². The van der Waals surface area contributed by atoms with Crippen molar-refractivity contribution in [2.45, 2.75) is 19.1 Å². The van der Waals surface area contributed by atoms with Gasteiger partial charge in [-0.05, 0) is 13.0 Å². The molecule has 22 heavy (non-hydrogen) atoms. The van der Waals surface area contributed by atoms with E-state index in [1.165, 1.54) is 25.5 Å². The molecule has 0 aromatic carbocycles. The maximum Gasteiger partial charge on any atom is 0.451 e. The van der Waals surface area contributed by atoms with Gasteiger partial charge >= 0.3 is 6.18 Å². The van der Waals surface area contributed by atoms with E-state index < -0.39 is 35.8 Å². The summed E-state index contributed by atoms with van der Waals surface area (Å²) < 4.78 is 41.7. The fraction of sp³-hybridized carbons (Fsp3) is 0.273. The van der Waals surface area contributed by atoms with Gasteiger partial charge in [-0.3, -0.25) is 20.0 Å². The summed E-state index contributed by atoms with van der Waals surface area (Å²) in [6.45, 7) is 1.35. The number of nitrogens with zero attached hydrogens (tertiary/aromatic N) is 2. The minimum atomic E-state index is -4.70. The first-order valence-electron chi connectivity index (χ1n) is 5.91. The summed E-state index contributed by atoms with van der Waals surface area (Å²) in [5, 5.41) is 9.27. The van der Waals surface area contributed by atoms with Crippen molar-refractivity contribution >= 4 is 17.8 Å². The van der Waals surface area contributed by atoms with Crippen molar-refractivity contribution in [3.05, 3.63) is 30.0 Å². The fourth-order valence-electron chi connectivity index (χ4n) is 1.40. The molecule has 2 aromatic heterocycles. The zero-order chi connectivity index (χ0) is 16.3. The minimum Gasteiger partial charge on any atom is -0.472 e. The molecule has 0 saturated carbocycles. The summed E-state index contributed by atoms with van der Waals surface area (Å²) in [5.74, 6) is -3.22. The second-order valence-corrected chi connectivity index (χ2v) is 4.20. The third-order valence-electron chi connectivity index (χ3n) is 2.51. The van der Waals surface area contributed by atoms with Crippen LogP contribution >= 0.6 is 0 Å². The largest absolute Gasteiger partial charge is 0.472 e. The molecule has 2 heterocycles. The summed E-state index contributed by atoms with van der Waals surface area (Å²) in [6.07, 6.45) is -2.23. The van der Waals surface area contributed by atoms with Gasteiger partial charge in [0.1, 0.15) is 12.3 Å². The zero-order valence-electron chi connectivity index (χ0n) is 11.1. The van der Waals surface area contributed by atoms with Crippen LogP contribution in [0.2, 0.25) is 0 Å². The predicted octanol–water partition coefficient (Wildman–Crippen LogP) is 1.17. The van der Waals surface area contributed by atoms with E-state index in [0.29, 0.717) is 0 Å². The van der Waals surface area contributed by atoms with Crippen LogP contribution in [-0.4, -0.2) is 33.0 Å². The first kappa shape index (κ1) is 15.5. The monoisotopic (exact) mass is 317 g/mol. The van der Waals surface area contributed by atoms with E-state index in [1.54, 1.807) is 5.10 Å². The van der Waals surface area contributed by atoms with Crippen LogP contribution in [0.25, 0.3) is 0 Å². The highest BCUT2D eigenvalue weighted by molar-refractivity contribution is 6.00. The number of furan rings is 1. The molecule has 11 heteroatoms. The lowest BCUT2D eigenvalue weighted by atomic mass is 10.2. The lowest BCUT2D eigenvalue weighted by Gasteiger charge is -2.11. The average Bonchev–Trinajstić information content (AvgIpc) is 3.08. The number of aromatic nitrogens is 3. The highest BCUT2D eigenvalue weighted by atomic mass is 19.4. The number of H-pyrrole nitrogens is 1. The summed E-state index contributed by atoms with van der Waals surface area (Å²) in [7, 11) is 0. The number of hydrogen-bond acceptors (Lipinski definition) is 5. The van der Waals surface area contributed by atoms with Gasteiger partial charge in [0.25, 0.3) is 5.91 Å². The molecule has 1 atom stereocenters. The molecule has 118 valence electrons. The molecule has 8 nitrogen and oxygen atoms in total. The number of aromatic amines is 1. The molecule has 0 saturated heterocycles. The van der Waals surface area contributed by atoms with E-state index in [1.807, 2.05) is 0 Å². The van der Waals surface area contributed by atoms with Crippen LogP contribution in [0.3, 0.4) is 0 Å². The Morgan fingerprint density at radius 1 is 1.41 bits per heavy atom. The number of carbonyl (C=O) groups is 2. The molecule has 2 amide bonds. The molecule has 0 spiro atoms. The number of halogens is 3. The first-order valence-corrected chi connectivity index (χ1v) is 5.91. The van der Waals surface area contributed by atoms with Crippen LogP contribution in [0.4, 0.5) is 19.1 Å². The fourth-order valence-corrected chi connectivity index (χ4v) is 1.40. The van der Waals surface area contributed by atoms with E-state index in [-0.39, 0.29) is 5.56 Å². The van der Waals surface area contributed by atoms with Gasteiger partial charge in [-0.25, -0.2) is 0 Å². The van der Waals surface area contributed by atoms with Gasteiger partial charge in [0, 0.05) is 0 Å². The van der Waals surface area contributed by atoms with Crippen molar-refractivity contribution in [3.63, 3.8) is 0 Å². The Kier molecular flexibility index (Phi) is 4.15. The molecule has 0 aliphatic carbocycles. The lowest BCUT2D eigenvalue weighted by molar-refractivity contribution is -0.144. The molecule has 0 aliphatic heterocycles. The molecule has 0 radical (unpaired) electrons. The predicted molar refractivity (Wildman–Crippen MR) is 65.7 cm³/mol. The van der Waals surface area contributed by atoms with Crippen molar-refractivity contribution < 1.29 is 27.2 Å². The van der Waals surface area contributed by atoms with Gasteiger partial charge in [-0.1, -0.05) is 0 Å². The average molecular weight is 317 g/mol. The van der Waals surface area contributed by atoms with Crippen LogP contribution in [0, 0.1) is 0 Å². The Bertz CT molecular complexity index is 665. The Hall–Kier alpha value is -2.85. The maximum absolute atomic E-state index is 12.3. The molecule has 0 aliphatic rings. The Morgan fingerprint density at radius 2 is 2.14 bits per heavy atom. The van der Waals surface area contributed by atoms with E-state index in [9.17, 15) is 22.8 Å². The number of amides is 2. The normalized spacial score (nSPS) is 12.7. The van der Waals surface area contributed by atoms with Gasteiger partial charge in [0.05, 0.1) is 11.8 Å². The molecule has 0 fully saturated rings. The summed E-state index contributed by atoms with van der Waals surface area (Å²) in [6, 6.07) is 0.375. The highest BCUT2D eigenvalue weighted by Gasteiger charge is 2.35. The van der Waals surface area contributed by atoms with Gasteiger partial charge in [-0.15, -0.1) is 5.10 Å². The molecular formula is C11H10F3N5O3. The number of anilines is 1. The summed E-state index contributed by atoms with van der Waals surface area (Å²) in [5.41, 5.74) is 0.205. The van der Waals surface area contributed by atoms with Crippen LogP contribution in [0.1, 0.15) is 23.1 Å². The molecule has 3 N–H and O–H groups in total. The standard InChI is InChI=1S/C11H10F3N5O3/c1-5(15-8(21)6-2-3-22-4-6)7(20)16-10-17-9(18-19-10)11(12,13)14/h2-5H,1H3,(H,15,21)(H2,16,17,18,19,20)/t5-/m1/s1. The molecule has 2 aromatic rings.